The summed E-state index contributed by atoms with van der Waals surface area (Å²) in [5, 5.41) is 0. The van der Waals surface area contributed by atoms with Gasteiger partial charge in [0.1, 0.15) is 17.2 Å². The van der Waals surface area contributed by atoms with E-state index in [0.717, 1.165) is 22.6 Å². The molecule has 3 aromatic rings. The molecular formula is C25H27FN2O3. The zero-order valence-electron chi connectivity index (χ0n) is 17.9. The summed E-state index contributed by atoms with van der Waals surface area (Å²) in [4.78, 5) is 6.33. The van der Waals surface area contributed by atoms with Crippen molar-refractivity contribution < 1.29 is 18.6 Å². The minimum Gasteiger partial charge on any atom is -0.497 e. The van der Waals surface area contributed by atoms with Gasteiger partial charge in [0.2, 0.25) is 0 Å². The van der Waals surface area contributed by atoms with Crippen molar-refractivity contribution in [2.24, 2.45) is 5.92 Å². The van der Waals surface area contributed by atoms with E-state index in [2.05, 4.69) is 4.98 Å². The molecule has 1 heterocycles. The van der Waals surface area contributed by atoms with Gasteiger partial charge in [0.05, 0.1) is 27.0 Å². The Morgan fingerprint density at radius 2 is 1.42 bits per heavy atom. The predicted molar refractivity (Wildman–Crippen MR) is 118 cm³/mol. The van der Waals surface area contributed by atoms with Gasteiger partial charge < -0.3 is 19.1 Å². The maximum Gasteiger partial charge on any atom is 0.169 e. The second-order valence-corrected chi connectivity index (χ2v) is 7.78. The molecule has 1 aromatic heterocycles. The highest BCUT2D eigenvalue weighted by Crippen LogP contribution is 2.30. The maximum absolute atomic E-state index is 15.1. The molecule has 31 heavy (non-hydrogen) atoms. The van der Waals surface area contributed by atoms with Gasteiger partial charge >= 0.3 is 0 Å². The molecule has 5 nitrogen and oxygen atoms in total. The van der Waals surface area contributed by atoms with Gasteiger partial charge in [-0.05, 0) is 54.2 Å². The number of benzene rings is 2. The van der Waals surface area contributed by atoms with Crippen molar-refractivity contribution in [3.8, 4) is 17.2 Å². The number of hydrogen-bond donors (Lipinski definition) is 0. The van der Waals surface area contributed by atoms with E-state index in [4.69, 9.17) is 14.2 Å². The number of methoxy groups -OCH3 is 2. The third-order valence-electron chi connectivity index (χ3n) is 5.34. The first-order valence-electron chi connectivity index (χ1n) is 10.4. The highest BCUT2D eigenvalue weighted by molar-refractivity contribution is 5.45. The molecule has 6 heteroatoms. The van der Waals surface area contributed by atoms with Crippen molar-refractivity contribution in [1.29, 1.82) is 0 Å². The summed E-state index contributed by atoms with van der Waals surface area (Å²) >= 11 is 0. The third-order valence-corrected chi connectivity index (χ3v) is 5.34. The molecule has 0 unspecified atom stereocenters. The van der Waals surface area contributed by atoms with Crippen LogP contribution in [0.3, 0.4) is 0 Å². The molecule has 162 valence electrons. The number of ether oxygens (including phenoxy) is 3. The van der Waals surface area contributed by atoms with Crippen LogP contribution in [-0.4, -0.2) is 25.8 Å². The van der Waals surface area contributed by atoms with Gasteiger partial charge in [-0.3, -0.25) is 0 Å². The lowest BCUT2D eigenvalue weighted by Gasteiger charge is -2.25. The van der Waals surface area contributed by atoms with Crippen LogP contribution in [0.4, 0.5) is 10.2 Å². The van der Waals surface area contributed by atoms with E-state index in [0.29, 0.717) is 37.2 Å². The lowest BCUT2D eigenvalue weighted by Crippen LogP contribution is -2.24. The second kappa shape index (κ2) is 9.69. The van der Waals surface area contributed by atoms with Crippen LogP contribution in [0.25, 0.3) is 0 Å². The number of aromatic nitrogens is 1. The molecule has 4 rings (SSSR count). The predicted octanol–water partition coefficient (Wildman–Crippen LogP) is 5.23. The van der Waals surface area contributed by atoms with Crippen molar-refractivity contribution in [2.45, 2.75) is 25.9 Å². The first-order chi connectivity index (χ1) is 15.1. The average Bonchev–Trinajstić information content (AvgIpc) is 3.63. The Hall–Kier alpha value is -3.28. The standard InChI is InChI=1S/C25H27FN2O3/c1-29-21-9-5-18(6-10-21)15-28(16-19-7-11-22(30-2)12-8-19)25-24(26)13-23(14-27-25)31-17-20-3-4-20/h5-14,20H,3-4,15-17H2,1-2H3. The Kier molecular flexibility index (Phi) is 6.55. The molecule has 0 aliphatic heterocycles. The number of anilines is 1. The molecule has 1 aliphatic carbocycles. The first kappa shape index (κ1) is 21.0. The minimum absolute atomic E-state index is 0.297. The Bertz CT molecular complexity index is 939. The number of nitrogens with zero attached hydrogens (tertiary/aromatic N) is 2. The van der Waals surface area contributed by atoms with E-state index in [1.807, 2.05) is 53.4 Å². The second-order valence-electron chi connectivity index (χ2n) is 7.78. The zero-order valence-corrected chi connectivity index (χ0v) is 17.9. The van der Waals surface area contributed by atoms with Gasteiger partial charge in [-0.15, -0.1) is 0 Å². The molecule has 1 aliphatic rings. The Labute approximate surface area is 182 Å². The molecule has 0 bridgehead atoms. The third kappa shape index (κ3) is 5.66. The molecule has 0 atom stereocenters. The summed E-state index contributed by atoms with van der Waals surface area (Å²) in [5.41, 5.74) is 2.06. The van der Waals surface area contributed by atoms with Gasteiger partial charge in [-0.1, -0.05) is 24.3 Å². The molecule has 0 radical (unpaired) electrons. The van der Waals surface area contributed by atoms with Crippen LogP contribution in [0.15, 0.2) is 60.8 Å². The van der Waals surface area contributed by atoms with Crippen LogP contribution in [0.1, 0.15) is 24.0 Å². The molecule has 0 spiro atoms. The normalized spacial score (nSPS) is 13.0. The van der Waals surface area contributed by atoms with Crippen molar-refractivity contribution in [3.05, 3.63) is 77.7 Å². The van der Waals surface area contributed by atoms with E-state index in [9.17, 15) is 0 Å². The van der Waals surface area contributed by atoms with E-state index < -0.39 is 5.82 Å². The lowest BCUT2D eigenvalue weighted by atomic mass is 10.1. The monoisotopic (exact) mass is 422 g/mol. The van der Waals surface area contributed by atoms with E-state index in [1.165, 1.54) is 18.9 Å². The Morgan fingerprint density at radius 1 is 0.871 bits per heavy atom. The van der Waals surface area contributed by atoms with Crippen molar-refractivity contribution in [3.63, 3.8) is 0 Å². The van der Waals surface area contributed by atoms with E-state index >= 15 is 4.39 Å². The molecule has 0 amide bonds. The molecule has 1 saturated carbocycles. The number of hydrogen-bond acceptors (Lipinski definition) is 5. The smallest absolute Gasteiger partial charge is 0.169 e. The van der Waals surface area contributed by atoms with Crippen molar-refractivity contribution >= 4 is 5.82 Å². The molecule has 0 saturated heterocycles. The summed E-state index contributed by atoms with van der Waals surface area (Å²) in [6.45, 7) is 1.63. The van der Waals surface area contributed by atoms with E-state index in [-0.39, 0.29) is 0 Å². The van der Waals surface area contributed by atoms with Gasteiger partial charge in [0, 0.05) is 19.2 Å². The molecule has 0 N–H and O–H groups in total. The SMILES string of the molecule is COc1ccc(CN(Cc2ccc(OC)cc2)c2ncc(OCC3CC3)cc2F)cc1. The number of rotatable bonds is 10. The molecule has 1 fully saturated rings. The number of pyridine rings is 1. The van der Waals surface area contributed by atoms with Crippen LogP contribution >= 0.6 is 0 Å². The first-order valence-corrected chi connectivity index (χ1v) is 10.4. The average molecular weight is 423 g/mol. The van der Waals surface area contributed by atoms with Gasteiger partial charge in [0.15, 0.2) is 11.6 Å². The van der Waals surface area contributed by atoms with Crippen molar-refractivity contribution in [1.82, 2.24) is 4.98 Å². The maximum atomic E-state index is 15.1. The molecular weight excluding hydrogens is 395 g/mol. The highest BCUT2D eigenvalue weighted by atomic mass is 19.1. The van der Waals surface area contributed by atoms with Crippen LogP contribution < -0.4 is 19.1 Å². The van der Waals surface area contributed by atoms with Gasteiger partial charge in [0.25, 0.3) is 0 Å². The fraction of sp³-hybridized carbons (Fsp3) is 0.320. The fourth-order valence-electron chi connectivity index (χ4n) is 3.33. The lowest BCUT2D eigenvalue weighted by molar-refractivity contribution is 0.297. The molecule has 2 aromatic carbocycles. The van der Waals surface area contributed by atoms with Crippen molar-refractivity contribution in [2.75, 3.05) is 25.7 Å². The highest BCUT2D eigenvalue weighted by Gasteiger charge is 2.22. The largest absolute Gasteiger partial charge is 0.497 e. The zero-order chi connectivity index (χ0) is 21.6. The number of halogens is 1. The summed E-state index contributed by atoms with van der Waals surface area (Å²) in [7, 11) is 3.27. The Balaban J connectivity index is 1.56. The Morgan fingerprint density at radius 3 is 1.87 bits per heavy atom. The van der Waals surface area contributed by atoms with E-state index in [1.54, 1.807) is 20.4 Å². The van der Waals surface area contributed by atoms with Crippen LogP contribution in [0, 0.1) is 11.7 Å². The summed E-state index contributed by atoms with van der Waals surface area (Å²) in [6.07, 6.45) is 3.98. The summed E-state index contributed by atoms with van der Waals surface area (Å²) in [6, 6.07) is 16.9. The van der Waals surface area contributed by atoms with Gasteiger partial charge in [-0.25, -0.2) is 9.37 Å². The minimum atomic E-state index is -0.393. The summed E-state index contributed by atoms with van der Waals surface area (Å²) in [5.74, 6) is 2.55. The van der Waals surface area contributed by atoms with Crippen LogP contribution in [0.2, 0.25) is 0 Å². The van der Waals surface area contributed by atoms with Crippen LogP contribution in [0.5, 0.6) is 17.2 Å². The topological polar surface area (TPSA) is 43.8 Å². The van der Waals surface area contributed by atoms with Gasteiger partial charge in [-0.2, -0.15) is 0 Å². The fourth-order valence-corrected chi connectivity index (χ4v) is 3.33. The quantitative estimate of drug-likeness (QED) is 0.447. The summed E-state index contributed by atoms with van der Waals surface area (Å²) < 4.78 is 31.2. The van der Waals surface area contributed by atoms with Crippen LogP contribution in [-0.2, 0) is 13.1 Å².